The van der Waals surface area contributed by atoms with Crippen LogP contribution in [0.2, 0.25) is 0 Å². The van der Waals surface area contributed by atoms with Crippen LogP contribution in [0.3, 0.4) is 0 Å². The minimum absolute atomic E-state index is 0.132. The summed E-state index contributed by atoms with van der Waals surface area (Å²) in [5.41, 5.74) is 1.75. The molecule has 1 saturated heterocycles. The van der Waals surface area contributed by atoms with Crippen LogP contribution in [0.1, 0.15) is 32.6 Å². The van der Waals surface area contributed by atoms with Crippen molar-refractivity contribution in [3.8, 4) is 0 Å². The van der Waals surface area contributed by atoms with Crippen molar-refractivity contribution >= 4 is 29.1 Å². The number of ether oxygens (including phenoxy) is 4. The first-order chi connectivity index (χ1) is 16.7. The normalized spacial score (nSPS) is 21.6. The fourth-order valence-electron chi connectivity index (χ4n) is 3.97. The van der Waals surface area contributed by atoms with Crippen LogP contribution in [-0.2, 0) is 39.9 Å². The smallest absolute Gasteiger partial charge is 0.303 e. The summed E-state index contributed by atoms with van der Waals surface area (Å²) in [7, 11) is 0. The summed E-state index contributed by atoms with van der Waals surface area (Å²) in [6, 6.07) is 9.64. The number of benzene rings is 1. The van der Waals surface area contributed by atoms with E-state index < -0.39 is 42.4 Å². The first-order valence-corrected chi connectivity index (χ1v) is 10.9. The van der Waals surface area contributed by atoms with Gasteiger partial charge in [-0.3, -0.25) is 24.4 Å². The number of carbonyl (C=O) groups is 3. The highest BCUT2D eigenvalue weighted by molar-refractivity contribution is 5.70. The van der Waals surface area contributed by atoms with Gasteiger partial charge in [-0.25, -0.2) is 9.97 Å². The Kier molecular flexibility index (Phi) is 6.92. The number of nitrogens with zero attached hydrogens (tertiary/aromatic N) is 4. The average Bonchev–Trinajstić information content (AvgIpc) is 3.36. The molecular formula is C23H25N5O7. The summed E-state index contributed by atoms with van der Waals surface area (Å²) in [4.78, 5) is 43.8. The van der Waals surface area contributed by atoms with E-state index in [1.807, 2.05) is 30.3 Å². The Morgan fingerprint density at radius 3 is 2.31 bits per heavy atom. The molecule has 0 unspecified atom stereocenters. The summed E-state index contributed by atoms with van der Waals surface area (Å²) < 4.78 is 25.1. The molecule has 4 atom stereocenters. The van der Waals surface area contributed by atoms with Crippen LogP contribution in [0.5, 0.6) is 0 Å². The van der Waals surface area contributed by atoms with Crippen molar-refractivity contribution in [1.82, 2.24) is 19.1 Å². The largest absolute Gasteiger partial charge is 0.463 e. The summed E-state index contributed by atoms with van der Waals surface area (Å²) >= 11 is 0. The Morgan fingerprint density at radius 1 is 0.971 bits per heavy atom. The van der Waals surface area contributed by atoms with E-state index in [9.17, 15) is 14.4 Å². The van der Waals surface area contributed by atoms with Gasteiger partial charge >= 0.3 is 17.9 Å². The van der Waals surface area contributed by atoms with E-state index in [2.05, 4.69) is 9.97 Å². The van der Waals surface area contributed by atoms with E-state index in [1.165, 1.54) is 38.0 Å². The second-order valence-corrected chi connectivity index (χ2v) is 8.05. The standard InChI is InChI=1S/C23H25N5O7/c1-13(29)32-10-17-19(33-14(2)30)20(34-15(3)31)23(35-17)28-12-25-18-21(24)27(11-26-22(18)28)9-16-7-5-4-6-8-16/h4-8,11-12,17,19-20,23-24H,9-10H2,1-3H3/t17-,19-,20-,23-/m1/s1. The summed E-state index contributed by atoms with van der Waals surface area (Å²) in [5, 5.41) is 8.62. The Bertz CT molecular complexity index is 1300. The third kappa shape index (κ3) is 5.22. The maximum atomic E-state index is 11.9. The second-order valence-electron chi connectivity index (χ2n) is 8.05. The van der Waals surface area contributed by atoms with Gasteiger partial charge in [0.1, 0.15) is 18.2 Å². The molecule has 1 aromatic carbocycles. The van der Waals surface area contributed by atoms with Gasteiger partial charge in [0, 0.05) is 20.8 Å². The summed E-state index contributed by atoms with van der Waals surface area (Å²) in [6.45, 7) is 3.89. The third-order valence-electron chi connectivity index (χ3n) is 5.41. The van der Waals surface area contributed by atoms with Crippen LogP contribution in [-0.4, -0.2) is 61.9 Å². The molecule has 0 radical (unpaired) electrons. The van der Waals surface area contributed by atoms with Crippen molar-refractivity contribution in [3.63, 3.8) is 0 Å². The molecule has 4 rings (SSSR count). The summed E-state index contributed by atoms with van der Waals surface area (Å²) in [6.07, 6.45) is -1.07. The molecule has 0 amide bonds. The zero-order chi connectivity index (χ0) is 25.1. The topological polar surface area (TPSA) is 148 Å². The van der Waals surface area contributed by atoms with Crippen LogP contribution < -0.4 is 5.49 Å². The quantitative estimate of drug-likeness (QED) is 0.385. The molecule has 3 aromatic rings. The third-order valence-corrected chi connectivity index (χ3v) is 5.41. The molecule has 12 nitrogen and oxygen atoms in total. The van der Waals surface area contributed by atoms with E-state index in [4.69, 9.17) is 24.4 Å². The first kappa shape index (κ1) is 24.1. The van der Waals surface area contributed by atoms with Gasteiger partial charge < -0.3 is 23.5 Å². The first-order valence-electron chi connectivity index (χ1n) is 10.9. The number of imidazole rings is 1. The maximum Gasteiger partial charge on any atom is 0.303 e. The lowest BCUT2D eigenvalue weighted by molar-refractivity contribution is -0.166. The van der Waals surface area contributed by atoms with E-state index >= 15 is 0 Å². The number of hydrogen-bond donors (Lipinski definition) is 1. The SMILES string of the molecule is CC(=O)OC[C@H]1O[C@@H](n2cnc3c(=N)n(Cc4ccccc4)cnc32)[C@H](OC(C)=O)[C@@H]1OC(C)=O. The Labute approximate surface area is 199 Å². The van der Waals surface area contributed by atoms with E-state index in [0.29, 0.717) is 17.7 Å². The van der Waals surface area contributed by atoms with Gasteiger partial charge in [-0.2, -0.15) is 0 Å². The second kappa shape index (κ2) is 10.1. The van der Waals surface area contributed by atoms with Gasteiger partial charge in [-0.15, -0.1) is 0 Å². The van der Waals surface area contributed by atoms with Crippen LogP contribution in [0, 0.1) is 5.41 Å². The lowest BCUT2D eigenvalue weighted by atomic mass is 10.1. The zero-order valence-electron chi connectivity index (χ0n) is 19.4. The molecule has 0 spiro atoms. The highest BCUT2D eigenvalue weighted by atomic mass is 16.7. The molecule has 12 heteroatoms. The van der Waals surface area contributed by atoms with Crippen molar-refractivity contribution in [3.05, 3.63) is 54.0 Å². The number of carbonyl (C=O) groups excluding carboxylic acids is 3. The molecule has 2 aromatic heterocycles. The van der Waals surface area contributed by atoms with Crippen LogP contribution in [0.4, 0.5) is 0 Å². The van der Waals surface area contributed by atoms with Crippen molar-refractivity contribution in [1.29, 1.82) is 5.41 Å². The van der Waals surface area contributed by atoms with Gasteiger partial charge in [0.2, 0.25) is 0 Å². The van der Waals surface area contributed by atoms with E-state index in [-0.39, 0.29) is 12.1 Å². The van der Waals surface area contributed by atoms with E-state index in [0.717, 1.165) is 5.56 Å². The zero-order valence-corrected chi connectivity index (χ0v) is 19.4. The molecule has 1 aliphatic heterocycles. The van der Waals surface area contributed by atoms with Crippen LogP contribution in [0.25, 0.3) is 11.2 Å². The fourth-order valence-corrected chi connectivity index (χ4v) is 3.97. The van der Waals surface area contributed by atoms with Crippen LogP contribution >= 0.6 is 0 Å². The molecule has 1 aliphatic rings. The summed E-state index contributed by atoms with van der Waals surface area (Å²) in [5.74, 6) is -1.78. The lowest BCUT2D eigenvalue weighted by Gasteiger charge is -2.23. The van der Waals surface area contributed by atoms with Crippen molar-refractivity contribution in [2.75, 3.05) is 6.61 Å². The Morgan fingerprint density at radius 2 is 1.66 bits per heavy atom. The Balaban J connectivity index is 1.70. The minimum Gasteiger partial charge on any atom is -0.463 e. The number of esters is 3. The number of fused-ring (bicyclic) bond motifs is 1. The number of nitrogens with one attached hydrogen (secondary N) is 1. The molecule has 1 N–H and O–H groups in total. The van der Waals surface area contributed by atoms with Gasteiger partial charge in [0.25, 0.3) is 0 Å². The van der Waals surface area contributed by atoms with Gasteiger partial charge in [-0.05, 0) is 5.56 Å². The molecule has 1 fully saturated rings. The van der Waals surface area contributed by atoms with Gasteiger partial charge in [0.05, 0.1) is 19.2 Å². The van der Waals surface area contributed by atoms with Gasteiger partial charge in [0.15, 0.2) is 29.6 Å². The maximum absolute atomic E-state index is 11.9. The molecule has 35 heavy (non-hydrogen) atoms. The van der Waals surface area contributed by atoms with Crippen LogP contribution in [0.15, 0.2) is 43.0 Å². The highest BCUT2D eigenvalue weighted by Crippen LogP contribution is 2.35. The fraction of sp³-hybridized carbons (Fsp3) is 0.391. The molecule has 0 aliphatic carbocycles. The average molecular weight is 483 g/mol. The number of rotatable bonds is 7. The lowest BCUT2D eigenvalue weighted by Crippen LogP contribution is -2.40. The Hall–Kier alpha value is -4.06. The monoisotopic (exact) mass is 483 g/mol. The molecule has 3 heterocycles. The molecule has 0 bridgehead atoms. The van der Waals surface area contributed by atoms with E-state index in [1.54, 1.807) is 4.57 Å². The minimum atomic E-state index is -1.07. The van der Waals surface area contributed by atoms with Crippen molar-refractivity contribution in [2.24, 2.45) is 0 Å². The van der Waals surface area contributed by atoms with Crippen molar-refractivity contribution in [2.45, 2.75) is 51.9 Å². The van der Waals surface area contributed by atoms with Gasteiger partial charge in [-0.1, -0.05) is 30.3 Å². The predicted molar refractivity (Wildman–Crippen MR) is 119 cm³/mol. The number of hydrogen-bond acceptors (Lipinski definition) is 10. The highest BCUT2D eigenvalue weighted by Gasteiger charge is 2.51. The molecule has 0 saturated carbocycles. The molecule has 184 valence electrons. The predicted octanol–water partition coefficient (Wildman–Crippen LogP) is 1.08. The number of aromatic nitrogens is 4. The molecular weight excluding hydrogens is 458 g/mol. The van der Waals surface area contributed by atoms with Crippen molar-refractivity contribution < 1.29 is 33.3 Å².